The second-order valence-corrected chi connectivity index (χ2v) is 5.92. The Bertz CT molecular complexity index is 529. The summed E-state index contributed by atoms with van der Waals surface area (Å²) in [5.74, 6) is -0.891. The number of nitrogens with zero attached hydrogens (tertiary/aromatic N) is 1. The minimum Gasteiger partial charge on any atom is -0.478 e. The Morgan fingerprint density at radius 2 is 1.95 bits per heavy atom. The molecule has 0 aromatic heterocycles. The summed E-state index contributed by atoms with van der Waals surface area (Å²) in [6, 6.07) is 5.15. The van der Waals surface area contributed by atoms with Crippen LogP contribution in [0.5, 0.6) is 0 Å². The lowest BCUT2D eigenvalue weighted by molar-refractivity contribution is -0.125. The first-order chi connectivity index (χ1) is 8.82. The summed E-state index contributed by atoms with van der Waals surface area (Å²) in [6.07, 6.45) is 1.52. The van der Waals surface area contributed by atoms with Crippen molar-refractivity contribution in [2.24, 2.45) is 5.41 Å². The number of rotatable bonds is 1. The summed E-state index contributed by atoms with van der Waals surface area (Å²) in [5, 5.41) is 9.22. The number of carbonyl (C=O) groups is 2. The van der Waals surface area contributed by atoms with Crippen LogP contribution in [-0.4, -0.2) is 23.5 Å². The van der Waals surface area contributed by atoms with Crippen LogP contribution in [0, 0.1) is 5.41 Å². The van der Waals surface area contributed by atoms with Gasteiger partial charge in [0.25, 0.3) is 0 Å². The smallest absolute Gasteiger partial charge is 0.336 e. The van der Waals surface area contributed by atoms with Crippen molar-refractivity contribution >= 4 is 17.6 Å². The van der Waals surface area contributed by atoms with E-state index in [1.807, 2.05) is 26.8 Å². The largest absolute Gasteiger partial charge is 0.478 e. The fourth-order valence-electron chi connectivity index (χ4n) is 2.44. The molecule has 1 heterocycles. The number of carboxylic acid groups (broad SMARTS) is 1. The monoisotopic (exact) mass is 261 g/mol. The molecule has 1 N–H and O–H groups in total. The van der Waals surface area contributed by atoms with Crippen molar-refractivity contribution in [3.05, 3.63) is 29.3 Å². The van der Waals surface area contributed by atoms with Crippen LogP contribution in [0.3, 0.4) is 0 Å². The number of carboxylic acids is 1. The Labute approximate surface area is 113 Å². The molecule has 0 aliphatic carbocycles. The maximum atomic E-state index is 12.4. The van der Waals surface area contributed by atoms with Gasteiger partial charge in [-0.05, 0) is 30.5 Å². The first-order valence-corrected chi connectivity index (χ1v) is 6.49. The molecule has 0 saturated heterocycles. The Morgan fingerprint density at radius 1 is 1.26 bits per heavy atom. The van der Waals surface area contributed by atoms with E-state index >= 15 is 0 Å². The Hall–Kier alpha value is -1.84. The normalized spacial score (nSPS) is 15.0. The topological polar surface area (TPSA) is 57.6 Å². The van der Waals surface area contributed by atoms with Crippen molar-refractivity contribution in [2.75, 3.05) is 11.4 Å². The molecule has 0 radical (unpaired) electrons. The minimum atomic E-state index is -0.929. The zero-order valence-corrected chi connectivity index (χ0v) is 11.6. The highest BCUT2D eigenvalue weighted by atomic mass is 16.4. The molecule has 1 aromatic carbocycles. The SMILES string of the molecule is CC(C)(C)C(=O)N1CCCc2c(C(=O)O)cccc21. The third kappa shape index (κ3) is 2.48. The van der Waals surface area contributed by atoms with Gasteiger partial charge in [-0.3, -0.25) is 4.79 Å². The third-order valence-electron chi connectivity index (χ3n) is 3.37. The van der Waals surface area contributed by atoms with E-state index in [1.54, 1.807) is 17.0 Å². The number of hydrogen-bond donors (Lipinski definition) is 1. The van der Waals surface area contributed by atoms with Crippen LogP contribution in [0.25, 0.3) is 0 Å². The lowest BCUT2D eigenvalue weighted by atomic mass is 9.90. The van der Waals surface area contributed by atoms with Crippen LogP contribution in [0.1, 0.15) is 43.1 Å². The summed E-state index contributed by atoms with van der Waals surface area (Å²) >= 11 is 0. The summed E-state index contributed by atoms with van der Waals surface area (Å²) in [5.41, 5.74) is 1.38. The van der Waals surface area contributed by atoms with Gasteiger partial charge < -0.3 is 10.0 Å². The number of hydrogen-bond acceptors (Lipinski definition) is 2. The van der Waals surface area contributed by atoms with Crippen molar-refractivity contribution < 1.29 is 14.7 Å². The number of aromatic carboxylic acids is 1. The molecule has 0 spiro atoms. The standard InChI is InChI=1S/C15H19NO3/c1-15(2,3)14(19)16-9-5-7-10-11(13(17)18)6-4-8-12(10)16/h4,6,8H,5,7,9H2,1-3H3,(H,17,18). The summed E-state index contributed by atoms with van der Waals surface area (Å²) in [4.78, 5) is 25.4. The molecule has 102 valence electrons. The molecule has 0 unspecified atom stereocenters. The van der Waals surface area contributed by atoms with Gasteiger partial charge in [0.2, 0.25) is 5.91 Å². The van der Waals surface area contributed by atoms with Gasteiger partial charge in [0, 0.05) is 17.6 Å². The fourth-order valence-corrected chi connectivity index (χ4v) is 2.44. The highest BCUT2D eigenvalue weighted by Crippen LogP contribution is 2.32. The van der Waals surface area contributed by atoms with E-state index < -0.39 is 11.4 Å². The van der Waals surface area contributed by atoms with Crippen molar-refractivity contribution in [3.8, 4) is 0 Å². The molecule has 4 nitrogen and oxygen atoms in total. The number of benzene rings is 1. The van der Waals surface area contributed by atoms with Crippen LogP contribution in [0.2, 0.25) is 0 Å². The Balaban J connectivity index is 2.49. The maximum Gasteiger partial charge on any atom is 0.336 e. The van der Waals surface area contributed by atoms with Crippen molar-refractivity contribution in [1.29, 1.82) is 0 Å². The molecule has 19 heavy (non-hydrogen) atoms. The van der Waals surface area contributed by atoms with Gasteiger partial charge in [-0.2, -0.15) is 0 Å². The molecule has 2 rings (SSSR count). The van der Waals surface area contributed by atoms with E-state index in [0.29, 0.717) is 18.5 Å². The minimum absolute atomic E-state index is 0.0380. The maximum absolute atomic E-state index is 12.4. The van der Waals surface area contributed by atoms with Gasteiger partial charge in [-0.1, -0.05) is 26.8 Å². The van der Waals surface area contributed by atoms with E-state index in [-0.39, 0.29) is 5.91 Å². The average molecular weight is 261 g/mol. The number of amides is 1. The lowest BCUT2D eigenvalue weighted by Crippen LogP contribution is -2.42. The molecule has 0 saturated carbocycles. The zero-order chi connectivity index (χ0) is 14.2. The third-order valence-corrected chi connectivity index (χ3v) is 3.37. The van der Waals surface area contributed by atoms with Gasteiger partial charge in [0.05, 0.1) is 5.56 Å². The van der Waals surface area contributed by atoms with E-state index in [9.17, 15) is 14.7 Å². The second-order valence-electron chi connectivity index (χ2n) is 5.92. The number of anilines is 1. The second kappa shape index (κ2) is 4.68. The zero-order valence-electron chi connectivity index (χ0n) is 11.6. The molecule has 1 aromatic rings. The predicted octanol–water partition coefficient (Wildman–Crippen LogP) is 2.71. The van der Waals surface area contributed by atoms with Crippen LogP contribution in [0.15, 0.2) is 18.2 Å². The molecule has 1 aliphatic heterocycles. The molecular weight excluding hydrogens is 242 g/mol. The summed E-state index contributed by atoms with van der Waals surface area (Å²) in [6.45, 7) is 6.30. The van der Waals surface area contributed by atoms with Crippen LogP contribution < -0.4 is 4.90 Å². The van der Waals surface area contributed by atoms with E-state index in [4.69, 9.17) is 0 Å². The van der Waals surface area contributed by atoms with Gasteiger partial charge >= 0.3 is 5.97 Å². The van der Waals surface area contributed by atoms with Crippen LogP contribution in [-0.2, 0) is 11.2 Å². The van der Waals surface area contributed by atoms with Crippen molar-refractivity contribution in [3.63, 3.8) is 0 Å². The molecule has 0 fully saturated rings. The van der Waals surface area contributed by atoms with Gasteiger partial charge in [-0.15, -0.1) is 0 Å². The van der Waals surface area contributed by atoms with E-state index in [1.165, 1.54) is 0 Å². The van der Waals surface area contributed by atoms with E-state index in [0.717, 1.165) is 17.7 Å². The molecule has 1 amide bonds. The summed E-state index contributed by atoms with van der Waals surface area (Å²) < 4.78 is 0. The number of carbonyl (C=O) groups excluding carboxylic acids is 1. The van der Waals surface area contributed by atoms with Crippen LogP contribution >= 0.6 is 0 Å². The highest BCUT2D eigenvalue weighted by Gasteiger charge is 2.32. The molecule has 1 aliphatic rings. The van der Waals surface area contributed by atoms with Gasteiger partial charge in [0.15, 0.2) is 0 Å². The fraction of sp³-hybridized carbons (Fsp3) is 0.467. The average Bonchev–Trinajstić information content (AvgIpc) is 2.35. The molecule has 0 atom stereocenters. The van der Waals surface area contributed by atoms with Crippen LogP contribution in [0.4, 0.5) is 5.69 Å². The van der Waals surface area contributed by atoms with Crippen molar-refractivity contribution in [2.45, 2.75) is 33.6 Å². The molecule has 0 bridgehead atoms. The Morgan fingerprint density at radius 3 is 2.53 bits per heavy atom. The lowest BCUT2D eigenvalue weighted by Gasteiger charge is -2.34. The molecular formula is C15H19NO3. The van der Waals surface area contributed by atoms with E-state index in [2.05, 4.69) is 0 Å². The Kier molecular flexibility index (Phi) is 3.35. The van der Waals surface area contributed by atoms with Gasteiger partial charge in [-0.25, -0.2) is 4.79 Å². The van der Waals surface area contributed by atoms with Gasteiger partial charge in [0.1, 0.15) is 0 Å². The first kappa shape index (κ1) is 13.6. The summed E-state index contributed by atoms with van der Waals surface area (Å²) in [7, 11) is 0. The highest BCUT2D eigenvalue weighted by molar-refractivity contribution is 6.00. The predicted molar refractivity (Wildman–Crippen MR) is 73.5 cm³/mol. The van der Waals surface area contributed by atoms with Crippen molar-refractivity contribution in [1.82, 2.24) is 0 Å². The quantitative estimate of drug-likeness (QED) is 0.845. The molecule has 4 heteroatoms. The number of fused-ring (bicyclic) bond motifs is 1. The first-order valence-electron chi connectivity index (χ1n) is 6.49.